The molecule has 0 saturated heterocycles. The minimum absolute atomic E-state index is 0.165. The molecule has 0 unspecified atom stereocenters. The van der Waals surface area contributed by atoms with Crippen molar-refractivity contribution in [3.8, 4) is 11.8 Å². The van der Waals surface area contributed by atoms with Crippen LogP contribution in [0, 0.1) is 16.7 Å². The molecule has 0 atom stereocenters. The van der Waals surface area contributed by atoms with Gasteiger partial charge in [-0.3, -0.25) is 4.79 Å². The number of nitrogens with zero attached hydrogens (tertiary/aromatic N) is 2. The highest BCUT2D eigenvalue weighted by atomic mass is 79.9. The molecule has 1 aromatic carbocycles. The van der Waals surface area contributed by atoms with Gasteiger partial charge in [0.25, 0.3) is 0 Å². The molecule has 1 aromatic rings. The molecule has 1 amide bonds. The van der Waals surface area contributed by atoms with Crippen molar-refractivity contribution in [2.45, 2.75) is 12.8 Å². The lowest BCUT2D eigenvalue weighted by atomic mass is 10.1. The van der Waals surface area contributed by atoms with E-state index in [1.54, 1.807) is 20.2 Å². The fourth-order valence-electron chi connectivity index (χ4n) is 1.85. The summed E-state index contributed by atoms with van der Waals surface area (Å²) in [5.74, 6) is 0.448. The molecule has 1 aliphatic carbocycles. The van der Waals surface area contributed by atoms with Crippen LogP contribution in [-0.4, -0.2) is 20.1 Å². The lowest BCUT2D eigenvalue weighted by Gasteiger charge is -2.22. The Morgan fingerprint density at radius 3 is 2.72 bits per heavy atom. The lowest BCUT2D eigenvalue weighted by Crippen LogP contribution is -2.33. The van der Waals surface area contributed by atoms with Crippen molar-refractivity contribution >= 4 is 27.5 Å². The first kappa shape index (κ1) is 12.9. The third-order valence-corrected chi connectivity index (χ3v) is 3.67. The van der Waals surface area contributed by atoms with E-state index >= 15 is 0 Å². The van der Waals surface area contributed by atoms with Gasteiger partial charge < -0.3 is 9.64 Å². The van der Waals surface area contributed by atoms with Crippen LogP contribution in [0.15, 0.2) is 22.7 Å². The standard InChI is InChI=1S/C13H13BrN2O2/c1-16(12(17)13(8-15)5-6-13)10-7-9(14)3-4-11(10)18-2/h3-4,7H,5-6H2,1-2H3. The highest BCUT2D eigenvalue weighted by Crippen LogP contribution is 2.47. The van der Waals surface area contributed by atoms with Crippen molar-refractivity contribution in [3.05, 3.63) is 22.7 Å². The summed E-state index contributed by atoms with van der Waals surface area (Å²) in [5, 5.41) is 9.07. The normalized spacial score (nSPS) is 15.7. The monoisotopic (exact) mass is 308 g/mol. The number of hydrogen-bond acceptors (Lipinski definition) is 3. The van der Waals surface area contributed by atoms with Gasteiger partial charge in [-0.15, -0.1) is 0 Å². The van der Waals surface area contributed by atoms with E-state index in [2.05, 4.69) is 22.0 Å². The molecule has 1 aliphatic rings. The molecule has 2 rings (SSSR count). The van der Waals surface area contributed by atoms with Crippen LogP contribution in [0.4, 0.5) is 5.69 Å². The molecule has 0 radical (unpaired) electrons. The number of hydrogen-bond donors (Lipinski definition) is 0. The number of rotatable bonds is 3. The molecule has 0 bridgehead atoms. The van der Waals surface area contributed by atoms with Gasteiger partial charge in [0.2, 0.25) is 5.91 Å². The number of ether oxygens (including phenoxy) is 1. The average Bonchev–Trinajstić information content (AvgIpc) is 3.18. The summed E-state index contributed by atoms with van der Waals surface area (Å²) >= 11 is 3.37. The zero-order chi connectivity index (χ0) is 13.3. The number of amides is 1. The van der Waals surface area contributed by atoms with Crippen LogP contribution < -0.4 is 9.64 Å². The SMILES string of the molecule is COc1ccc(Br)cc1N(C)C(=O)C1(C#N)CC1. The van der Waals surface area contributed by atoms with Crippen molar-refractivity contribution in [1.82, 2.24) is 0 Å². The smallest absolute Gasteiger partial charge is 0.247 e. The fraction of sp³-hybridized carbons (Fsp3) is 0.385. The van der Waals surface area contributed by atoms with E-state index in [4.69, 9.17) is 10.00 Å². The summed E-state index contributed by atoms with van der Waals surface area (Å²) in [6, 6.07) is 7.55. The van der Waals surface area contributed by atoms with Gasteiger partial charge in [-0.2, -0.15) is 5.26 Å². The molecule has 1 saturated carbocycles. The van der Waals surface area contributed by atoms with Crippen molar-refractivity contribution in [2.24, 2.45) is 5.41 Å². The molecular formula is C13H13BrN2O2. The molecule has 0 aromatic heterocycles. The molecule has 18 heavy (non-hydrogen) atoms. The molecule has 0 spiro atoms. The average molecular weight is 309 g/mol. The first-order valence-electron chi connectivity index (χ1n) is 5.57. The van der Waals surface area contributed by atoms with Gasteiger partial charge in [0, 0.05) is 11.5 Å². The Balaban J connectivity index is 2.34. The van der Waals surface area contributed by atoms with Crippen molar-refractivity contribution in [3.63, 3.8) is 0 Å². The lowest BCUT2D eigenvalue weighted by molar-refractivity contribution is -0.121. The maximum atomic E-state index is 12.3. The highest BCUT2D eigenvalue weighted by Gasteiger charge is 2.52. The molecule has 4 nitrogen and oxygen atoms in total. The van der Waals surface area contributed by atoms with E-state index < -0.39 is 5.41 Å². The predicted octanol–water partition coefficient (Wildman–Crippen LogP) is 2.72. The quantitative estimate of drug-likeness (QED) is 0.862. The maximum absolute atomic E-state index is 12.3. The second-order valence-electron chi connectivity index (χ2n) is 4.37. The minimum atomic E-state index is -0.817. The van der Waals surface area contributed by atoms with E-state index in [0.29, 0.717) is 24.3 Å². The Morgan fingerprint density at radius 2 is 2.22 bits per heavy atom. The van der Waals surface area contributed by atoms with Crippen LogP contribution in [0.5, 0.6) is 5.75 Å². The highest BCUT2D eigenvalue weighted by molar-refractivity contribution is 9.10. The first-order chi connectivity index (χ1) is 8.54. The zero-order valence-corrected chi connectivity index (χ0v) is 11.8. The van der Waals surface area contributed by atoms with Gasteiger partial charge in [-0.1, -0.05) is 15.9 Å². The number of halogens is 1. The molecule has 94 valence electrons. The van der Waals surface area contributed by atoms with Crippen LogP contribution in [-0.2, 0) is 4.79 Å². The number of anilines is 1. The number of nitriles is 1. The van der Waals surface area contributed by atoms with Gasteiger partial charge in [0.15, 0.2) is 0 Å². The number of carbonyl (C=O) groups excluding carboxylic acids is 1. The number of benzene rings is 1. The van der Waals surface area contributed by atoms with Crippen LogP contribution in [0.1, 0.15) is 12.8 Å². The van der Waals surface area contributed by atoms with E-state index in [9.17, 15) is 4.79 Å². The third kappa shape index (κ3) is 2.08. The van der Waals surface area contributed by atoms with Gasteiger partial charge in [-0.25, -0.2) is 0 Å². The molecule has 5 heteroatoms. The first-order valence-corrected chi connectivity index (χ1v) is 6.36. The Kier molecular flexibility index (Phi) is 3.31. The summed E-state index contributed by atoms with van der Waals surface area (Å²) in [7, 11) is 3.23. The van der Waals surface area contributed by atoms with E-state index in [-0.39, 0.29) is 5.91 Å². The van der Waals surface area contributed by atoms with E-state index in [0.717, 1.165) is 4.47 Å². The summed E-state index contributed by atoms with van der Waals surface area (Å²) in [6.45, 7) is 0. The second-order valence-corrected chi connectivity index (χ2v) is 5.29. The Hall–Kier alpha value is -1.54. The number of carbonyl (C=O) groups is 1. The van der Waals surface area contributed by atoms with Gasteiger partial charge in [-0.05, 0) is 31.0 Å². The van der Waals surface area contributed by atoms with Crippen LogP contribution >= 0.6 is 15.9 Å². The fourth-order valence-corrected chi connectivity index (χ4v) is 2.20. The molecule has 0 aliphatic heterocycles. The largest absolute Gasteiger partial charge is 0.495 e. The summed E-state index contributed by atoms with van der Waals surface area (Å²) in [4.78, 5) is 13.8. The van der Waals surface area contributed by atoms with Crippen molar-refractivity contribution in [1.29, 1.82) is 5.26 Å². The van der Waals surface area contributed by atoms with Crippen molar-refractivity contribution in [2.75, 3.05) is 19.1 Å². The predicted molar refractivity (Wildman–Crippen MR) is 71.4 cm³/mol. The van der Waals surface area contributed by atoms with Crippen LogP contribution in [0.25, 0.3) is 0 Å². The zero-order valence-electron chi connectivity index (χ0n) is 10.2. The Labute approximate surface area is 114 Å². The summed E-state index contributed by atoms with van der Waals surface area (Å²) < 4.78 is 6.10. The molecule has 1 fully saturated rings. The third-order valence-electron chi connectivity index (χ3n) is 3.18. The maximum Gasteiger partial charge on any atom is 0.247 e. The Morgan fingerprint density at radius 1 is 1.56 bits per heavy atom. The number of methoxy groups -OCH3 is 1. The second kappa shape index (κ2) is 4.62. The van der Waals surface area contributed by atoms with E-state index in [1.165, 1.54) is 4.90 Å². The summed E-state index contributed by atoms with van der Waals surface area (Å²) in [5.41, 5.74) is -0.152. The Bertz CT molecular complexity index is 532. The van der Waals surface area contributed by atoms with Gasteiger partial charge in [0.1, 0.15) is 11.2 Å². The van der Waals surface area contributed by atoms with Crippen LogP contribution in [0.2, 0.25) is 0 Å². The van der Waals surface area contributed by atoms with Gasteiger partial charge in [0.05, 0.1) is 18.9 Å². The molecular weight excluding hydrogens is 296 g/mol. The topological polar surface area (TPSA) is 53.3 Å². The summed E-state index contributed by atoms with van der Waals surface area (Å²) in [6.07, 6.45) is 1.28. The van der Waals surface area contributed by atoms with Crippen LogP contribution in [0.3, 0.4) is 0 Å². The molecule has 0 heterocycles. The minimum Gasteiger partial charge on any atom is -0.495 e. The van der Waals surface area contributed by atoms with Crippen molar-refractivity contribution < 1.29 is 9.53 Å². The van der Waals surface area contributed by atoms with E-state index in [1.807, 2.05) is 12.1 Å². The van der Waals surface area contributed by atoms with Gasteiger partial charge >= 0.3 is 0 Å². The molecule has 0 N–H and O–H groups in total.